The third-order valence-electron chi connectivity index (χ3n) is 4.39. The molecule has 2 aromatic carbocycles. The van der Waals surface area contributed by atoms with Crippen LogP contribution in [0.25, 0.3) is 0 Å². The summed E-state index contributed by atoms with van der Waals surface area (Å²) in [4.78, 5) is 33.8. The van der Waals surface area contributed by atoms with Gasteiger partial charge in [0.2, 0.25) is 5.95 Å². The van der Waals surface area contributed by atoms with Crippen molar-refractivity contribution in [1.82, 2.24) is 14.9 Å². The van der Waals surface area contributed by atoms with Crippen LogP contribution in [0.15, 0.2) is 54.7 Å². The lowest BCUT2D eigenvalue weighted by Gasteiger charge is -2.21. The van der Waals surface area contributed by atoms with Gasteiger partial charge < -0.3 is 15.3 Å². The zero-order valence-electron chi connectivity index (χ0n) is 16.6. The first-order chi connectivity index (χ1) is 14.3. The molecule has 0 radical (unpaired) electrons. The molecule has 0 saturated heterocycles. The van der Waals surface area contributed by atoms with Crippen LogP contribution >= 0.6 is 0 Å². The maximum absolute atomic E-state index is 13.5. The van der Waals surface area contributed by atoms with Crippen molar-refractivity contribution in [3.8, 4) is 0 Å². The molecule has 3 aromatic rings. The van der Waals surface area contributed by atoms with Gasteiger partial charge in [-0.3, -0.25) is 9.59 Å². The van der Waals surface area contributed by atoms with Crippen LogP contribution in [0.4, 0.5) is 16.0 Å². The Morgan fingerprint density at radius 1 is 1.13 bits per heavy atom. The van der Waals surface area contributed by atoms with Gasteiger partial charge in [-0.2, -0.15) is 0 Å². The maximum Gasteiger partial charge on any atom is 0.323 e. The quantitative estimate of drug-likeness (QED) is 0.619. The Morgan fingerprint density at radius 3 is 2.50 bits per heavy atom. The highest BCUT2D eigenvalue weighted by atomic mass is 19.1. The van der Waals surface area contributed by atoms with Gasteiger partial charge in [0.15, 0.2) is 0 Å². The van der Waals surface area contributed by atoms with E-state index in [0.29, 0.717) is 17.2 Å². The van der Waals surface area contributed by atoms with Crippen LogP contribution in [0.1, 0.15) is 27.2 Å². The first-order valence-electron chi connectivity index (χ1n) is 9.24. The average molecular weight is 408 g/mol. The molecule has 0 saturated carbocycles. The Labute approximate surface area is 173 Å². The molecule has 8 heteroatoms. The van der Waals surface area contributed by atoms with Gasteiger partial charge in [-0.1, -0.05) is 29.8 Å². The van der Waals surface area contributed by atoms with Gasteiger partial charge in [0.05, 0.1) is 11.3 Å². The number of anilines is 2. The van der Waals surface area contributed by atoms with E-state index in [4.69, 9.17) is 0 Å². The van der Waals surface area contributed by atoms with Crippen molar-refractivity contribution in [2.24, 2.45) is 0 Å². The second-order valence-electron chi connectivity index (χ2n) is 6.87. The number of benzene rings is 2. The number of halogens is 1. The highest BCUT2D eigenvalue weighted by molar-refractivity contribution is 5.96. The summed E-state index contributed by atoms with van der Waals surface area (Å²) < 4.78 is 13.5. The number of hydrogen-bond acceptors (Lipinski definition) is 5. The minimum absolute atomic E-state index is 0.0499. The zero-order chi connectivity index (χ0) is 21.7. The summed E-state index contributed by atoms with van der Waals surface area (Å²) in [5.41, 5.74) is 3.00. The summed E-state index contributed by atoms with van der Waals surface area (Å²) >= 11 is 0. The summed E-state index contributed by atoms with van der Waals surface area (Å²) in [6.45, 7) is 3.05. The molecule has 30 heavy (non-hydrogen) atoms. The SMILES string of the molecule is Cc1ccc(Nc2ncc(C(=O)N(CC(=O)O)Cc3cccc(F)c3)c(C)n2)cc1. The van der Waals surface area contributed by atoms with Crippen LogP contribution < -0.4 is 5.32 Å². The topological polar surface area (TPSA) is 95.4 Å². The van der Waals surface area contributed by atoms with Crippen LogP contribution in [0, 0.1) is 19.7 Å². The lowest BCUT2D eigenvalue weighted by atomic mass is 10.1. The van der Waals surface area contributed by atoms with Crippen molar-refractivity contribution in [2.75, 3.05) is 11.9 Å². The monoisotopic (exact) mass is 408 g/mol. The smallest absolute Gasteiger partial charge is 0.323 e. The van der Waals surface area contributed by atoms with Crippen molar-refractivity contribution in [3.63, 3.8) is 0 Å². The molecule has 2 N–H and O–H groups in total. The number of rotatable bonds is 7. The number of carboxylic acids is 1. The van der Waals surface area contributed by atoms with Crippen molar-refractivity contribution < 1.29 is 19.1 Å². The van der Waals surface area contributed by atoms with E-state index < -0.39 is 24.2 Å². The molecule has 1 aromatic heterocycles. The molecule has 1 heterocycles. The minimum atomic E-state index is -1.17. The molecule has 0 spiro atoms. The Hall–Kier alpha value is -3.81. The molecule has 7 nitrogen and oxygen atoms in total. The van der Waals surface area contributed by atoms with E-state index in [1.807, 2.05) is 31.2 Å². The number of nitrogens with one attached hydrogen (secondary N) is 1. The lowest BCUT2D eigenvalue weighted by Crippen LogP contribution is -2.35. The van der Waals surface area contributed by atoms with Crippen molar-refractivity contribution in [3.05, 3.63) is 82.9 Å². The Bertz CT molecular complexity index is 1070. The number of aromatic nitrogens is 2. The van der Waals surface area contributed by atoms with Crippen LogP contribution in [-0.2, 0) is 11.3 Å². The number of carbonyl (C=O) groups is 2. The Balaban J connectivity index is 1.81. The predicted octanol–water partition coefficient (Wildman–Crippen LogP) is 3.70. The molecule has 0 aliphatic carbocycles. The molecular formula is C22H21FN4O3. The van der Waals surface area contributed by atoms with E-state index in [1.54, 1.807) is 13.0 Å². The molecule has 1 amide bonds. The zero-order valence-corrected chi connectivity index (χ0v) is 16.6. The predicted molar refractivity (Wildman–Crippen MR) is 110 cm³/mol. The molecule has 0 aliphatic rings. The first-order valence-corrected chi connectivity index (χ1v) is 9.24. The van der Waals surface area contributed by atoms with E-state index in [1.165, 1.54) is 24.4 Å². The number of aryl methyl sites for hydroxylation is 2. The van der Waals surface area contributed by atoms with Gasteiger partial charge in [-0.05, 0) is 43.7 Å². The van der Waals surface area contributed by atoms with E-state index in [0.717, 1.165) is 16.2 Å². The largest absolute Gasteiger partial charge is 0.480 e. The number of carboxylic acid groups (broad SMARTS) is 1. The standard InChI is InChI=1S/C22H21FN4O3/c1-14-6-8-18(9-7-14)26-22-24-11-19(15(2)25-22)21(30)27(13-20(28)29)12-16-4-3-5-17(23)10-16/h3-11H,12-13H2,1-2H3,(H,28,29)(H,24,25,26). The van der Waals surface area contributed by atoms with E-state index in [2.05, 4.69) is 15.3 Å². The fourth-order valence-corrected chi connectivity index (χ4v) is 2.89. The summed E-state index contributed by atoms with van der Waals surface area (Å²) in [6.07, 6.45) is 1.36. The summed E-state index contributed by atoms with van der Waals surface area (Å²) in [5, 5.41) is 12.3. The fourth-order valence-electron chi connectivity index (χ4n) is 2.89. The van der Waals surface area contributed by atoms with Gasteiger partial charge >= 0.3 is 5.97 Å². The number of amides is 1. The molecule has 0 fully saturated rings. The van der Waals surface area contributed by atoms with Crippen LogP contribution in [0.2, 0.25) is 0 Å². The van der Waals surface area contributed by atoms with Crippen molar-refractivity contribution in [2.45, 2.75) is 20.4 Å². The van der Waals surface area contributed by atoms with Crippen LogP contribution in [-0.4, -0.2) is 38.4 Å². The highest BCUT2D eigenvalue weighted by Crippen LogP contribution is 2.17. The van der Waals surface area contributed by atoms with Gasteiger partial charge in [0, 0.05) is 18.4 Å². The number of aliphatic carboxylic acids is 1. The third kappa shape index (κ3) is 5.38. The van der Waals surface area contributed by atoms with Crippen LogP contribution in [0.5, 0.6) is 0 Å². The number of nitrogens with zero attached hydrogens (tertiary/aromatic N) is 3. The van der Waals surface area contributed by atoms with Crippen LogP contribution in [0.3, 0.4) is 0 Å². The number of hydrogen-bond donors (Lipinski definition) is 2. The summed E-state index contributed by atoms with van der Waals surface area (Å²) in [5.74, 6) is -1.85. The second-order valence-corrected chi connectivity index (χ2v) is 6.87. The van der Waals surface area contributed by atoms with Gasteiger partial charge in [0.1, 0.15) is 12.4 Å². The molecule has 0 aliphatic heterocycles. The molecule has 0 atom stereocenters. The van der Waals surface area contributed by atoms with E-state index in [-0.39, 0.29) is 12.1 Å². The number of carbonyl (C=O) groups excluding carboxylic acids is 1. The van der Waals surface area contributed by atoms with E-state index >= 15 is 0 Å². The fraction of sp³-hybridized carbons (Fsp3) is 0.182. The Kier molecular flexibility index (Phi) is 6.36. The van der Waals surface area contributed by atoms with Crippen molar-refractivity contribution in [1.29, 1.82) is 0 Å². The van der Waals surface area contributed by atoms with Gasteiger partial charge in [-0.15, -0.1) is 0 Å². The van der Waals surface area contributed by atoms with Crippen molar-refractivity contribution >= 4 is 23.5 Å². The Morgan fingerprint density at radius 2 is 1.87 bits per heavy atom. The van der Waals surface area contributed by atoms with Gasteiger partial charge in [0.25, 0.3) is 5.91 Å². The summed E-state index contributed by atoms with van der Waals surface area (Å²) in [6, 6.07) is 13.4. The highest BCUT2D eigenvalue weighted by Gasteiger charge is 2.22. The molecule has 154 valence electrons. The molecule has 0 bridgehead atoms. The van der Waals surface area contributed by atoms with Gasteiger partial charge in [-0.25, -0.2) is 14.4 Å². The normalized spacial score (nSPS) is 10.5. The molecule has 0 unspecified atom stereocenters. The maximum atomic E-state index is 13.5. The molecule has 3 rings (SSSR count). The second kappa shape index (κ2) is 9.13. The average Bonchev–Trinajstić information content (AvgIpc) is 2.69. The van der Waals surface area contributed by atoms with E-state index in [9.17, 15) is 19.1 Å². The first kappa shape index (κ1) is 20.9. The minimum Gasteiger partial charge on any atom is -0.480 e. The summed E-state index contributed by atoms with van der Waals surface area (Å²) in [7, 11) is 0. The third-order valence-corrected chi connectivity index (χ3v) is 4.39. The molecular weight excluding hydrogens is 387 g/mol. The lowest BCUT2D eigenvalue weighted by molar-refractivity contribution is -0.137.